The van der Waals surface area contributed by atoms with Gasteiger partial charge in [0.25, 0.3) is 5.91 Å². The Bertz CT molecular complexity index is 850. The van der Waals surface area contributed by atoms with Crippen LogP contribution in [0.2, 0.25) is 0 Å². The summed E-state index contributed by atoms with van der Waals surface area (Å²) < 4.78 is 12.7. The number of carbonyl (C=O) groups is 2. The molecule has 0 saturated heterocycles. The molecular weight excluding hydrogens is 348 g/mol. The third-order valence-electron chi connectivity index (χ3n) is 5.54. The zero-order chi connectivity index (χ0) is 19.6. The minimum Gasteiger partial charge on any atom is -0.496 e. The third-order valence-corrected chi connectivity index (χ3v) is 5.54. The molecule has 0 aliphatic heterocycles. The highest BCUT2D eigenvalue weighted by molar-refractivity contribution is 6.02. The van der Waals surface area contributed by atoms with Crippen molar-refractivity contribution in [2.45, 2.75) is 25.7 Å². The molecule has 146 valence electrons. The van der Waals surface area contributed by atoms with E-state index in [1.165, 1.54) is 0 Å². The van der Waals surface area contributed by atoms with Crippen molar-refractivity contribution in [2.24, 2.45) is 18.9 Å². The normalized spacial score (nSPS) is 19.7. The summed E-state index contributed by atoms with van der Waals surface area (Å²) in [6.45, 7) is 0.557. The Labute approximate surface area is 158 Å². The number of aromatic nitrogens is 1. The number of fused-ring (bicyclic) bond motifs is 1. The smallest absolute Gasteiger partial charge is 0.306 e. The second-order valence-electron chi connectivity index (χ2n) is 7.09. The standard InChI is InChI=1S/C20H26N2O5/c1-22-15(10-14-16(26-2)8-9-17(27-3)18(14)22)19(23)21-11-12-4-6-13(7-5-12)20(24)25/h8-10,12-13H,4-7,11H2,1-3H3,(H,21,23)(H,24,25). The summed E-state index contributed by atoms with van der Waals surface area (Å²) in [5.74, 6) is 0.583. The minimum absolute atomic E-state index is 0.154. The lowest BCUT2D eigenvalue weighted by Crippen LogP contribution is -2.33. The second-order valence-corrected chi connectivity index (χ2v) is 7.09. The van der Waals surface area contributed by atoms with Crippen molar-refractivity contribution in [1.29, 1.82) is 0 Å². The number of hydrogen-bond donors (Lipinski definition) is 2. The van der Waals surface area contributed by atoms with Crippen molar-refractivity contribution in [2.75, 3.05) is 20.8 Å². The zero-order valence-electron chi connectivity index (χ0n) is 15.9. The van der Waals surface area contributed by atoms with E-state index in [4.69, 9.17) is 14.6 Å². The fourth-order valence-electron chi connectivity index (χ4n) is 3.91. The largest absolute Gasteiger partial charge is 0.496 e. The molecule has 0 atom stereocenters. The molecule has 2 aromatic rings. The first-order valence-corrected chi connectivity index (χ1v) is 9.17. The predicted molar refractivity (Wildman–Crippen MR) is 101 cm³/mol. The van der Waals surface area contributed by atoms with Gasteiger partial charge in [0.05, 0.1) is 25.7 Å². The molecule has 27 heavy (non-hydrogen) atoms. The molecule has 0 radical (unpaired) electrons. The Morgan fingerprint density at radius 2 is 1.78 bits per heavy atom. The number of amides is 1. The number of carboxylic acid groups (broad SMARTS) is 1. The third kappa shape index (κ3) is 3.72. The first kappa shape index (κ1) is 19.1. The van der Waals surface area contributed by atoms with E-state index < -0.39 is 5.97 Å². The molecule has 7 heteroatoms. The van der Waals surface area contributed by atoms with E-state index >= 15 is 0 Å². The van der Waals surface area contributed by atoms with Crippen LogP contribution in [0.15, 0.2) is 18.2 Å². The summed E-state index contributed by atoms with van der Waals surface area (Å²) in [5.41, 5.74) is 1.34. The first-order valence-electron chi connectivity index (χ1n) is 9.17. The van der Waals surface area contributed by atoms with Crippen LogP contribution in [0.4, 0.5) is 0 Å². The van der Waals surface area contributed by atoms with Gasteiger partial charge in [-0.05, 0) is 49.8 Å². The summed E-state index contributed by atoms with van der Waals surface area (Å²) >= 11 is 0. The summed E-state index contributed by atoms with van der Waals surface area (Å²) in [6, 6.07) is 5.46. The van der Waals surface area contributed by atoms with Crippen molar-refractivity contribution in [1.82, 2.24) is 9.88 Å². The number of aryl methyl sites for hydroxylation is 1. The van der Waals surface area contributed by atoms with E-state index in [-0.39, 0.29) is 11.8 Å². The van der Waals surface area contributed by atoms with Crippen LogP contribution in [0, 0.1) is 11.8 Å². The average Bonchev–Trinajstić information content (AvgIpc) is 3.03. The molecule has 0 spiro atoms. The first-order chi connectivity index (χ1) is 13.0. The average molecular weight is 374 g/mol. The maximum Gasteiger partial charge on any atom is 0.306 e. The molecule has 1 aromatic heterocycles. The lowest BCUT2D eigenvalue weighted by atomic mass is 9.82. The van der Waals surface area contributed by atoms with E-state index in [9.17, 15) is 9.59 Å². The van der Waals surface area contributed by atoms with Gasteiger partial charge in [-0.25, -0.2) is 0 Å². The molecule has 1 aliphatic carbocycles. The number of nitrogens with zero attached hydrogens (tertiary/aromatic N) is 1. The van der Waals surface area contributed by atoms with Crippen molar-refractivity contribution >= 4 is 22.8 Å². The van der Waals surface area contributed by atoms with Gasteiger partial charge in [0, 0.05) is 19.0 Å². The number of hydrogen-bond acceptors (Lipinski definition) is 4. The Balaban J connectivity index is 1.73. The van der Waals surface area contributed by atoms with Crippen LogP contribution < -0.4 is 14.8 Å². The Kier molecular flexibility index (Phi) is 5.58. The van der Waals surface area contributed by atoms with Crippen LogP contribution in [0.25, 0.3) is 10.9 Å². The summed E-state index contributed by atoms with van der Waals surface area (Å²) in [6.07, 6.45) is 3.01. The number of nitrogens with one attached hydrogen (secondary N) is 1. The highest BCUT2D eigenvalue weighted by Crippen LogP contribution is 2.35. The molecule has 3 rings (SSSR count). The molecular formula is C20H26N2O5. The minimum atomic E-state index is -0.712. The molecule has 1 heterocycles. The molecule has 7 nitrogen and oxygen atoms in total. The van der Waals surface area contributed by atoms with Gasteiger partial charge in [0.15, 0.2) is 0 Å². The van der Waals surface area contributed by atoms with Gasteiger partial charge in [-0.3, -0.25) is 9.59 Å². The Morgan fingerprint density at radius 1 is 1.15 bits per heavy atom. The van der Waals surface area contributed by atoms with Crippen molar-refractivity contribution in [3.8, 4) is 11.5 Å². The van der Waals surface area contributed by atoms with E-state index in [1.54, 1.807) is 14.2 Å². The number of methoxy groups -OCH3 is 2. The van der Waals surface area contributed by atoms with Gasteiger partial charge in [-0.1, -0.05) is 0 Å². The Hall–Kier alpha value is -2.70. The fourth-order valence-corrected chi connectivity index (χ4v) is 3.91. The number of benzene rings is 1. The molecule has 1 aliphatic rings. The van der Waals surface area contributed by atoms with Crippen LogP contribution in [0.1, 0.15) is 36.2 Å². The molecule has 1 saturated carbocycles. The summed E-state index contributed by atoms with van der Waals surface area (Å²) in [7, 11) is 5.03. The predicted octanol–water partition coefficient (Wildman–Crippen LogP) is 2.82. The lowest BCUT2D eigenvalue weighted by molar-refractivity contribution is -0.143. The molecule has 0 unspecified atom stereocenters. The van der Waals surface area contributed by atoms with Crippen molar-refractivity contribution in [3.63, 3.8) is 0 Å². The maximum atomic E-state index is 12.7. The van der Waals surface area contributed by atoms with E-state index in [2.05, 4.69) is 5.32 Å². The van der Waals surface area contributed by atoms with E-state index in [1.807, 2.05) is 29.8 Å². The monoisotopic (exact) mass is 374 g/mol. The van der Waals surface area contributed by atoms with Gasteiger partial charge in [0.1, 0.15) is 17.2 Å². The molecule has 2 N–H and O–H groups in total. The highest BCUT2D eigenvalue weighted by Gasteiger charge is 2.26. The topological polar surface area (TPSA) is 89.8 Å². The molecule has 1 fully saturated rings. The van der Waals surface area contributed by atoms with Gasteiger partial charge < -0.3 is 24.5 Å². The van der Waals surface area contributed by atoms with Crippen LogP contribution in [0.3, 0.4) is 0 Å². The second kappa shape index (κ2) is 7.90. The van der Waals surface area contributed by atoms with E-state index in [0.29, 0.717) is 42.5 Å². The number of carbonyl (C=O) groups excluding carboxylic acids is 1. The highest BCUT2D eigenvalue weighted by atomic mass is 16.5. The molecule has 1 aromatic carbocycles. The number of carboxylic acids is 1. The number of aliphatic carboxylic acids is 1. The lowest BCUT2D eigenvalue weighted by Gasteiger charge is -2.26. The zero-order valence-corrected chi connectivity index (χ0v) is 15.9. The SMILES string of the molecule is COc1ccc(OC)c2c1cc(C(=O)NCC1CCC(C(=O)O)CC1)n2C. The van der Waals surface area contributed by atoms with Crippen LogP contribution in [-0.4, -0.2) is 42.3 Å². The quantitative estimate of drug-likeness (QED) is 0.811. The van der Waals surface area contributed by atoms with Crippen molar-refractivity contribution < 1.29 is 24.2 Å². The van der Waals surface area contributed by atoms with E-state index in [0.717, 1.165) is 23.7 Å². The number of ether oxygens (including phenoxy) is 2. The van der Waals surface area contributed by atoms with Crippen molar-refractivity contribution in [3.05, 3.63) is 23.9 Å². The van der Waals surface area contributed by atoms with Gasteiger partial charge in [-0.2, -0.15) is 0 Å². The molecule has 0 bridgehead atoms. The summed E-state index contributed by atoms with van der Waals surface area (Å²) in [4.78, 5) is 23.8. The van der Waals surface area contributed by atoms with Gasteiger partial charge in [0.2, 0.25) is 0 Å². The molecule has 1 amide bonds. The van der Waals surface area contributed by atoms with Crippen LogP contribution >= 0.6 is 0 Å². The summed E-state index contributed by atoms with van der Waals surface area (Å²) in [5, 5.41) is 12.9. The Morgan fingerprint density at radius 3 is 2.37 bits per heavy atom. The number of rotatable bonds is 6. The fraction of sp³-hybridized carbons (Fsp3) is 0.500. The van der Waals surface area contributed by atoms with Crippen LogP contribution in [0.5, 0.6) is 11.5 Å². The van der Waals surface area contributed by atoms with Crippen LogP contribution in [-0.2, 0) is 11.8 Å². The maximum absolute atomic E-state index is 12.7. The van der Waals surface area contributed by atoms with Gasteiger partial charge in [-0.15, -0.1) is 0 Å². The van der Waals surface area contributed by atoms with Gasteiger partial charge >= 0.3 is 5.97 Å².